The molecule has 78 valence electrons. The first-order valence-corrected chi connectivity index (χ1v) is 6.55. The zero-order chi connectivity index (χ0) is 10.1. The third kappa shape index (κ3) is 2.49. The van der Waals surface area contributed by atoms with E-state index in [1.807, 2.05) is 0 Å². The molecular weight excluding hydrogens is 224 g/mol. The summed E-state index contributed by atoms with van der Waals surface area (Å²) in [5.74, 6) is 1.75. The highest BCUT2D eigenvalue weighted by Crippen LogP contribution is 2.49. The van der Waals surface area contributed by atoms with Crippen LogP contribution in [-0.2, 0) is 0 Å². The molecule has 0 aliphatic heterocycles. The predicted octanol–water partition coefficient (Wildman–Crippen LogP) is 4.62. The molecule has 1 rings (SSSR count). The van der Waals surface area contributed by atoms with E-state index in [2.05, 4.69) is 43.6 Å². The van der Waals surface area contributed by atoms with E-state index >= 15 is 0 Å². The SMILES string of the molecule is CCC(C)C(C)C1(C)CCC(Br)C1. The summed E-state index contributed by atoms with van der Waals surface area (Å²) in [5, 5.41) is 0. The zero-order valence-electron chi connectivity index (χ0n) is 9.44. The van der Waals surface area contributed by atoms with E-state index in [0.717, 1.165) is 16.7 Å². The topological polar surface area (TPSA) is 0 Å². The first-order valence-electron chi connectivity index (χ1n) is 5.63. The number of halogens is 1. The highest BCUT2D eigenvalue weighted by atomic mass is 79.9. The minimum atomic E-state index is 0.601. The predicted molar refractivity (Wildman–Crippen MR) is 63.3 cm³/mol. The zero-order valence-corrected chi connectivity index (χ0v) is 11.0. The van der Waals surface area contributed by atoms with Gasteiger partial charge in [0.25, 0.3) is 0 Å². The Labute approximate surface area is 91.6 Å². The lowest BCUT2D eigenvalue weighted by atomic mass is 9.70. The maximum Gasteiger partial charge on any atom is 0.0151 e. The normalized spacial score (nSPS) is 39.0. The molecule has 0 spiro atoms. The van der Waals surface area contributed by atoms with Gasteiger partial charge in [-0.1, -0.05) is 50.0 Å². The minimum absolute atomic E-state index is 0.601. The van der Waals surface area contributed by atoms with Crippen molar-refractivity contribution >= 4 is 15.9 Å². The molecule has 0 saturated heterocycles. The molecule has 0 nitrogen and oxygen atoms in total. The summed E-state index contributed by atoms with van der Waals surface area (Å²) in [6, 6.07) is 0. The van der Waals surface area contributed by atoms with E-state index in [-0.39, 0.29) is 0 Å². The van der Waals surface area contributed by atoms with Crippen LogP contribution in [0.1, 0.15) is 53.4 Å². The van der Waals surface area contributed by atoms with Crippen LogP contribution in [0.3, 0.4) is 0 Å². The summed E-state index contributed by atoms with van der Waals surface area (Å²) in [7, 11) is 0. The molecule has 0 aromatic heterocycles. The summed E-state index contributed by atoms with van der Waals surface area (Å²) < 4.78 is 0. The van der Waals surface area contributed by atoms with Crippen molar-refractivity contribution in [3.63, 3.8) is 0 Å². The second-order valence-electron chi connectivity index (χ2n) is 5.17. The molecule has 1 aliphatic carbocycles. The third-order valence-corrected chi connectivity index (χ3v) is 5.09. The summed E-state index contributed by atoms with van der Waals surface area (Å²) >= 11 is 3.75. The van der Waals surface area contributed by atoms with Gasteiger partial charge in [-0.3, -0.25) is 0 Å². The molecule has 13 heavy (non-hydrogen) atoms. The first-order chi connectivity index (χ1) is 5.99. The fourth-order valence-electron chi connectivity index (χ4n) is 2.65. The second kappa shape index (κ2) is 4.33. The van der Waals surface area contributed by atoms with Gasteiger partial charge >= 0.3 is 0 Å². The Hall–Kier alpha value is 0.480. The lowest BCUT2D eigenvalue weighted by molar-refractivity contribution is 0.147. The summed E-state index contributed by atoms with van der Waals surface area (Å²) in [6.07, 6.45) is 5.48. The van der Waals surface area contributed by atoms with Crippen LogP contribution in [0.4, 0.5) is 0 Å². The number of rotatable bonds is 3. The maximum absolute atomic E-state index is 3.75. The maximum atomic E-state index is 3.75. The highest BCUT2D eigenvalue weighted by Gasteiger charge is 2.39. The Balaban J connectivity index is 2.59. The first kappa shape index (κ1) is 11.6. The molecule has 0 aromatic carbocycles. The molecule has 0 aromatic rings. The monoisotopic (exact) mass is 246 g/mol. The van der Waals surface area contributed by atoms with Gasteiger partial charge in [0, 0.05) is 4.83 Å². The van der Waals surface area contributed by atoms with Crippen molar-refractivity contribution in [1.82, 2.24) is 0 Å². The Kier molecular flexibility index (Phi) is 3.85. The lowest BCUT2D eigenvalue weighted by Gasteiger charge is -2.35. The van der Waals surface area contributed by atoms with E-state index in [0.29, 0.717) is 5.41 Å². The molecule has 0 amide bonds. The number of alkyl halides is 1. The van der Waals surface area contributed by atoms with E-state index in [4.69, 9.17) is 0 Å². The van der Waals surface area contributed by atoms with Crippen molar-refractivity contribution in [3.05, 3.63) is 0 Å². The van der Waals surface area contributed by atoms with Crippen LogP contribution in [0, 0.1) is 17.3 Å². The largest absolute Gasteiger partial charge is 0.0890 e. The van der Waals surface area contributed by atoms with Crippen LogP contribution in [0.2, 0.25) is 0 Å². The van der Waals surface area contributed by atoms with E-state index in [1.54, 1.807) is 0 Å². The molecule has 4 unspecified atom stereocenters. The molecule has 1 heteroatoms. The second-order valence-corrected chi connectivity index (χ2v) is 6.46. The lowest BCUT2D eigenvalue weighted by Crippen LogP contribution is -2.27. The molecule has 1 fully saturated rings. The van der Waals surface area contributed by atoms with Gasteiger partial charge in [-0.15, -0.1) is 0 Å². The van der Waals surface area contributed by atoms with Gasteiger partial charge in [-0.05, 0) is 36.5 Å². The average Bonchev–Trinajstić information content (AvgIpc) is 2.45. The van der Waals surface area contributed by atoms with Gasteiger partial charge < -0.3 is 0 Å². The van der Waals surface area contributed by atoms with Crippen molar-refractivity contribution in [2.45, 2.75) is 58.2 Å². The van der Waals surface area contributed by atoms with E-state index < -0.39 is 0 Å². The fourth-order valence-corrected chi connectivity index (χ4v) is 3.62. The quantitative estimate of drug-likeness (QED) is 0.638. The van der Waals surface area contributed by atoms with Crippen molar-refractivity contribution < 1.29 is 0 Å². The molecular formula is C12H23Br. The highest BCUT2D eigenvalue weighted by molar-refractivity contribution is 9.09. The van der Waals surface area contributed by atoms with E-state index in [9.17, 15) is 0 Å². The van der Waals surface area contributed by atoms with Gasteiger partial charge in [0.1, 0.15) is 0 Å². The van der Waals surface area contributed by atoms with Crippen LogP contribution < -0.4 is 0 Å². The van der Waals surface area contributed by atoms with Gasteiger partial charge in [-0.2, -0.15) is 0 Å². The summed E-state index contributed by atoms with van der Waals surface area (Å²) in [4.78, 5) is 0.781. The molecule has 0 heterocycles. The molecule has 1 aliphatic rings. The van der Waals surface area contributed by atoms with Crippen molar-refractivity contribution in [3.8, 4) is 0 Å². The third-order valence-electron chi connectivity index (χ3n) is 4.31. The number of hydrogen-bond donors (Lipinski definition) is 0. The summed E-state index contributed by atoms with van der Waals surface area (Å²) in [5.41, 5.74) is 0.601. The Bertz CT molecular complexity index is 167. The standard InChI is InChI=1S/C12H23Br/c1-5-9(2)10(3)12(4)7-6-11(13)8-12/h9-11H,5-8H2,1-4H3. The minimum Gasteiger partial charge on any atom is -0.0890 e. The van der Waals surface area contributed by atoms with Crippen molar-refractivity contribution in [1.29, 1.82) is 0 Å². The van der Waals surface area contributed by atoms with Gasteiger partial charge in [0.05, 0.1) is 0 Å². The summed E-state index contributed by atoms with van der Waals surface area (Å²) in [6.45, 7) is 9.63. The average molecular weight is 247 g/mol. The van der Waals surface area contributed by atoms with Crippen LogP contribution >= 0.6 is 15.9 Å². The van der Waals surface area contributed by atoms with Crippen LogP contribution in [0.5, 0.6) is 0 Å². The Morgan fingerprint density at radius 1 is 1.46 bits per heavy atom. The molecule has 0 N–H and O–H groups in total. The molecule has 1 saturated carbocycles. The van der Waals surface area contributed by atoms with Crippen molar-refractivity contribution in [2.75, 3.05) is 0 Å². The Morgan fingerprint density at radius 3 is 2.46 bits per heavy atom. The van der Waals surface area contributed by atoms with Crippen LogP contribution in [0.15, 0.2) is 0 Å². The molecule has 0 bridgehead atoms. The molecule has 4 atom stereocenters. The number of hydrogen-bond acceptors (Lipinski definition) is 0. The van der Waals surface area contributed by atoms with Crippen molar-refractivity contribution in [2.24, 2.45) is 17.3 Å². The van der Waals surface area contributed by atoms with Crippen LogP contribution in [0.25, 0.3) is 0 Å². The molecule has 0 radical (unpaired) electrons. The van der Waals surface area contributed by atoms with Gasteiger partial charge in [-0.25, -0.2) is 0 Å². The Morgan fingerprint density at radius 2 is 2.08 bits per heavy atom. The smallest absolute Gasteiger partial charge is 0.0151 e. The van der Waals surface area contributed by atoms with E-state index in [1.165, 1.54) is 25.7 Å². The van der Waals surface area contributed by atoms with Gasteiger partial charge in [0.2, 0.25) is 0 Å². The van der Waals surface area contributed by atoms with Gasteiger partial charge in [0.15, 0.2) is 0 Å². The van der Waals surface area contributed by atoms with Crippen LogP contribution in [-0.4, -0.2) is 4.83 Å². The fraction of sp³-hybridized carbons (Fsp3) is 1.00.